The lowest BCUT2D eigenvalue weighted by Crippen LogP contribution is -2.37. The lowest BCUT2D eigenvalue weighted by molar-refractivity contribution is 0.0949. The number of halogens is 2. The van der Waals surface area contributed by atoms with Crippen LogP contribution in [0.5, 0.6) is 0 Å². The zero-order chi connectivity index (χ0) is 24.5. The first-order valence-electron chi connectivity index (χ1n) is 10.5. The van der Waals surface area contributed by atoms with E-state index in [1.807, 2.05) is 11.6 Å². The van der Waals surface area contributed by atoms with Crippen LogP contribution in [-0.4, -0.2) is 47.3 Å². The topological polar surface area (TPSA) is 123 Å². The first kappa shape index (κ1) is 24.0. The quantitative estimate of drug-likeness (QED) is 0.480. The molecule has 2 aromatic heterocycles. The van der Waals surface area contributed by atoms with Crippen molar-refractivity contribution in [3.8, 4) is 5.69 Å². The van der Waals surface area contributed by atoms with Crippen molar-refractivity contribution in [2.75, 3.05) is 12.3 Å². The number of sulfonamides is 1. The van der Waals surface area contributed by atoms with E-state index in [1.54, 1.807) is 0 Å². The van der Waals surface area contributed by atoms with E-state index in [0.29, 0.717) is 35.5 Å². The molecule has 34 heavy (non-hydrogen) atoms. The Balaban J connectivity index is 1.42. The van der Waals surface area contributed by atoms with Gasteiger partial charge in [0.05, 0.1) is 17.0 Å². The first-order chi connectivity index (χ1) is 16.2. The van der Waals surface area contributed by atoms with Crippen LogP contribution in [0.4, 0.5) is 8.78 Å². The second kappa shape index (κ2) is 9.58. The average molecular weight is 510 g/mol. The molecular weight excluding hydrogens is 488 g/mol. The molecule has 0 fully saturated rings. The van der Waals surface area contributed by atoms with Crippen LogP contribution < -0.4 is 10.0 Å². The number of rotatable bonds is 8. The maximum absolute atomic E-state index is 14.3. The number of thiazole rings is 1. The van der Waals surface area contributed by atoms with Gasteiger partial charge in [0.1, 0.15) is 10.6 Å². The summed E-state index contributed by atoms with van der Waals surface area (Å²) in [6.45, 7) is 1.59. The maximum Gasteiger partial charge on any atom is 0.276 e. The molecular formula is C21H21F2N5O4S2. The summed E-state index contributed by atoms with van der Waals surface area (Å²) in [5, 5.41) is 7.38. The smallest absolute Gasteiger partial charge is 0.276 e. The van der Waals surface area contributed by atoms with Gasteiger partial charge in [0.15, 0.2) is 17.3 Å². The fourth-order valence-electron chi connectivity index (χ4n) is 3.68. The van der Waals surface area contributed by atoms with Crippen LogP contribution in [0, 0.1) is 11.6 Å². The Morgan fingerprint density at radius 1 is 1.21 bits per heavy atom. The Hall–Kier alpha value is -3.19. The standard InChI is InChI=1S/C21H21F2N5O4S2/c1-2-17-25-11-16(33-17)20(29)27-34(31,32)10-9-24-21(30)19-12-5-3-7-14(12)28(26-19)15-8-4-6-13(22)18(15)23/h4,6,8,11H,2-3,5,7,9-10H2,1H3,(H,24,30)(H,27,29). The highest BCUT2D eigenvalue weighted by Crippen LogP contribution is 2.29. The summed E-state index contributed by atoms with van der Waals surface area (Å²) in [5.74, 6) is -4.05. The molecule has 4 rings (SSSR count). The van der Waals surface area contributed by atoms with Crippen LogP contribution in [0.25, 0.3) is 5.69 Å². The van der Waals surface area contributed by atoms with Crippen LogP contribution >= 0.6 is 11.3 Å². The van der Waals surface area contributed by atoms with Crippen molar-refractivity contribution in [2.24, 2.45) is 0 Å². The molecule has 9 nitrogen and oxygen atoms in total. The van der Waals surface area contributed by atoms with Crippen LogP contribution in [0.3, 0.4) is 0 Å². The van der Waals surface area contributed by atoms with Crippen LogP contribution in [0.1, 0.15) is 49.8 Å². The summed E-state index contributed by atoms with van der Waals surface area (Å²) >= 11 is 1.10. The van der Waals surface area contributed by atoms with Crippen molar-refractivity contribution >= 4 is 33.2 Å². The third kappa shape index (κ3) is 4.85. The molecule has 1 aliphatic carbocycles. The second-order valence-corrected chi connectivity index (χ2v) is 10.5. The lowest BCUT2D eigenvalue weighted by Gasteiger charge is -2.08. The molecule has 13 heteroatoms. The van der Waals surface area contributed by atoms with Crippen molar-refractivity contribution in [3.05, 3.63) is 62.9 Å². The van der Waals surface area contributed by atoms with E-state index < -0.39 is 39.2 Å². The Morgan fingerprint density at radius 3 is 2.74 bits per heavy atom. The largest absolute Gasteiger partial charge is 0.350 e. The van der Waals surface area contributed by atoms with E-state index >= 15 is 0 Å². The summed E-state index contributed by atoms with van der Waals surface area (Å²) in [6, 6.07) is 3.71. The van der Waals surface area contributed by atoms with Crippen molar-refractivity contribution in [2.45, 2.75) is 32.6 Å². The van der Waals surface area contributed by atoms with Gasteiger partial charge in [0.2, 0.25) is 10.0 Å². The van der Waals surface area contributed by atoms with Gasteiger partial charge in [-0.2, -0.15) is 5.10 Å². The number of hydrogen-bond acceptors (Lipinski definition) is 7. The molecule has 180 valence electrons. The highest BCUT2D eigenvalue weighted by atomic mass is 32.2. The Kier molecular flexibility index (Phi) is 6.75. The van der Waals surface area contributed by atoms with Gasteiger partial charge in [-0.25, -0.2) is 31.6 Å². The summed E-state index contributed by atoms with van der Waals surface area (Å²) < 4.78 is 55.7. The van der Waals surface area contributed by atoms with E-state index in [2.05, 4.69) is 15.4 Å². The summed E-state index contributed by atoms with van der Waals surface area (Å²) in [5.41, 5.74) is 1.17. The first-order valence-corrected chi connectivity index (χ1v) is 13.0. The molecule has 1 aromatic carbocycles. The summed E-state index contributed by atoms with van der Waals surface area (Å²) in [6.07, 6.45) is 3.75. The average Bonchev–Trinajstić information content (AvgIpc) is 3.52. The maximum atomic E-state index is 14.3. The number of aromatic nitrogens is 3. The fourth-order valence-corrected chi connectivity index (χ4v) is 5.36. The van der Waals surface area contributed by atoms with E-state index in [9.17, 15) is 26.8 Å². The van der Waals surface area contributed by atoms with Gasteiger partial charge in [-0.05, 0) is 37.8 Å². The van der Waals surface area contributed by atoms with Crippen LogP contribution in [0.15, 0.2) is 24.4 Å². The number of amides is 2. The fraction of sp³-hybridized carbons (Fsp3) is 0.333. The zero-order valence-corrected chi connectivity index (χ0v) is 19.7. The molecule has 0 radical (unpaired) electrons. The number of carbonyl (C=O) groups excluding carboxylic acids is 2. The Labute approximate surface area is 198 Å². The third-order valence-electron chi connectivity index (χ3n) is 5.29. The lowest BCUT2D eigenvalue weighted by atomic mass is 10.2. The van der Waals surface area contributed by atoms with Crippen molar-refractivity contribution in [1.29, 1.82) is 0 Å². The van der Waals surface area contributed by atoms with E-state index in [4.69, 9.17) is 0 Å². The molecule has 2 N–H and O–H groups in total. The van der Waals surface area contributed by atoms with E-state index in [0.717, 1.165) is 23.8 Å². The van der Waals surface area contributed by atoms with Gasteiger partial charge < -0.3 is 5.32 Å². The van der Waals surface area contributed by atoms with Crippen LogP contribution in [-0.2, 0) is 29.3 Å². The highest BCUT2D eigenvalue weighted by molar-refractivity contribution is 7.90. The number of nitrogens with one attached hydrogen (secondary N) is 2. The molecule has 0 spiro atoms. The SMILES string of the molecule is CCc1ncc(C(=O)NS(=O)(=O)CCNC(=O)c2nn(-c3cccc(F)c3F)c3c2CCC3)s1. The van der Waals surface area contributed by atoms with E-state index in [-0.39, 0.29) is 22.8 Å². The molecule has 0 saturated heterocycles. The number of hydrogen-bond donors (Lipinski definition) is 2. The van der Waals surface area contributed by atoms with Gasteiger partial charge in [-0.1, -0.05) is 13.0 Å². The number of benzene rings is 1. The van der Waals surface area contributed by atoms with Crippen molar-refractivity contribution in [1.82, 2.24) is 24.8 Å². The minimum Gasteiger partial charge on any atom is -0.350 e. The molecule has 0 atom stereocenters. The predicted molar refractivity (Wildman–Crippen MR) is 121 cm³/mol. The normalized spacial score (nSPS) is 13.0. The number of carbonyl (C=O) groups is 2. The van der Waals surface area contributed by atoms with Gasteiger partial charge in [0, 0.05) is 17.8 Å². The Morgan fingerprint density at radius 2 is 2.00 bits per heavy atom. The minimum atomic E-state index is -4.02. The molecule has 3 aromatic rings. The van der Waals surface area contributed by atoms with Gasteiger partial charge in [-0.3, -0.25) is 9.59 Å². The van der Waals surface area contributed by atoms with Gasteiger partial charge in [-0.15, -0.1) is 11.3 Å². The molecule has 0 unspecified atom stereocenters. The zero-order valence-electron chi connectivity index (χ0n) is 18.1. The molecule has 2 heterocycles. The third-order valence-corrected chi connectivity index (χ3v) is 7.67. The molecule has 1 aliphatic rings. The summed E-state index contributed by atoms with van der Waals surface area (Å²) in [7, 11) is -4.02. The predicted octanol–water partition coefficient (Wildman–Crippen LogP) is 2.15. The Bertz CT molecular complexity index is 1370. The highest BCUT2D eigenvalue weighted by Gasteiger charge is 2.28. The van der Waals surface area contributed by atoms with Crippen molar-refractivity contribution in [3.63, 3.8) is 0 Å². The molecule has 0 aliphatic heterocycles. The second-order valence-electron chi connectivity index (χ2n) is 7.59. The minimum absolute atomic E-state index is 0.0364. The molecule has 0 bridgehead atoms. The van der Waals surface area contributed by atoms with Gasteiger partial charge in [0.25, 0.3) is 11.8 Å². The number of fused-ring (bicyclic) bond motifs is 1. The van der Waals surface area contributed by atoms with Crippen molar-refractivity contribution < 1.29 is 26.8 Å². The van der Waals surface area contributed by atoms with Crippen LogP contribution in [0.2, 0.25) is 0 Å². The monoisotopic (exact) mass is 509 g/mol. The number of aryl methyl sites for hydroxylation is 1. The molecule has 0 saturated carbocycles. The van der Waals surface area contributed by atoms with E-state index in [1.165, 1.54) is 23.0 Å². The summed E-state index contributed by atoms with van der Waals surface area (Å²) in [4.78, 5) is 29.1. The van der Waals surface area contributed by atoms with Gasteiger partial charge >= 0.3 is 0 Å². The molecule has 2 amide bonds. The number of nitrogens with zero attached hydrogens (tertiary/aromatic N) is 3.